The Morgan fingerprint density at radius 3 is 2.38 bits per heavy atom. The Bertz CT molecular complexity index is 432. The van der Waals surface area contributed by atoms with E-state index in [2.05, 4.69) is 53.5 Å². The van der Waals surface area contributed by atoms with Crippen molar-refractivity contribution in [2.24, 2.45) is 10.9 Å². The van der Waals surface area contributed by atoms with Crippen molar-refractivity contribution < 1.29 is 9.53 Å². The van der Waals surface area contributed by atoms with Gasteiger partial charge in [-0.1, -0.05) is 13.8 Å². The van der Waals surface area contributed by atoms with Gasteiger partial charge in [-0.3, -0.25) is 4.99 Å². The Morgan fingerprint density at radius 1 is 1.23 bits per heavy atom. The molecule has 7 heteroatoms. The summed E-state index contributed by atoms with van der Waals surface area (Å²) in [5, 5.41) is 9.82. The van der Waals surface area contributed by atoms with Crippen molar-refractivity contribution >= 4 is 12.1 Å². The van der Waals surface area contributed by atoms with E-state index in [1.807, 2.05) is 6.92 Å². The molecule has 1 unspecified atom stereocenters. The molecular formula is C19H39N5O2. The van der Waals surface area contributed by atoms with Gasteiger partial charge in [0.1, 0.15) is 0 Å². The summed E-state index contributed by atoms with van der Waals surface area (Å²) in [6.45, 7) is 13.8. The fourth-order valence-corrected chi connectivity index (χ4v) is 3.27. The number of likely N-dealkylation sites (tertiary alicyclic amines) is 1. The van der Waals surface area contributed by atoms with Crippen molar-refractivity contribution in [3.05, 3.63) is 0 Å². The molecule has 0 aliphatic carbocycles. The number of nitrogens with one attached hydrogen (secondary N) is 3. The molecule has 0 aromatic rings. The van der Waals surface area contributed by atoms with Gasteiger partial charge in [-0.2, -0.15) is 0 Å². The average molecular weight is 370 g/mol. The van der Waals surface area contributed by atoms with E-state index in [0.717, 1.165) is 38.3 Å². The van der Waals surface area contributed by atoms with Crippen LogP contribution >= 0.6 is 0 Å². The van der Waals surface area contributed by atoms with Crippen LogP contribution in [0, 0.1) is 5.92 Å². The number of nitrogens with zero attached hydrogens (tertiary/aromatic N) is 2. The molecule has 0 radical (unpaired) electrons. The van der Waals surface area contributed by atoms with Gasteiger partial charge in [-0.15, -0.1) is 0 Å². The maximum absolute atomic E-state index is 11.7. The minimum Gasteiger partial charge on any atom is -0.450 e. The minimum absolute atomic E-state index is 0.00962. The molecule has 7 nitrogen and oxygen atoms in total. The van der Waals surface area contributed by atoms with E-state index in [1.54, 1.807) is 7.05 Å². The Balaban J connectivity index is 2.45. The lowest BCUT2D eigenvalue weighted by atomic mass is 10.0. The van der Waals surface area contributed by atoms with Crippen molar-refractivity contribution in [3.63, 3.8) is 0 Å². The van der Waals surface area contributed by atoms with Crippen LogP contribution in [-0.4, -0.2) is 68.4 Å². The number of carbonyl (C=O) groups is 1. The first-order chi connectivity index (χ1) is 12.3. The smallest absolute Gasteiger partial charge is 0.407 e. The van der Waals surface area contributed by atoms with Crippen LogP contribution in [0.2, 0.25) is 0 Å². The number of alkyl carbamates (subject to hydrolysis) is 1. The van der Waals surface area contributed by atoms with Crippen LogP contribution in [0.4, 0.5) is 4.79 Å². The third-order valence-corrected chi connectivity index (χ3v) is 4.69. The summed E-state index contributed by atoms with van der Waals surface area (Å²) in [5.41, 5.74) is 0. The highest BCUT2D eigenvalue weighted by molar-refractivity contribution is 5.80. The number of piperidine rings is 1. The summed E-state index contributed by atoms with van der Waals surface area (Å²) in [4.78, 5) is 18.6. The molecule has 1 saturated heterocycles. The van der Waals surface area contributed by atoms with E-state index in [-0.39, 0.29) is 12.1 Å². The Hall–Kier alpha value is -1.50. The predicted octanol–water partition coefficient (Wildman–Crippen LogP) is 2.19. The lowest BCUT2D eigenvalue weighted by Crippen LogP contribution is -2.52. The molecule has 1 amide bonds. The number of hydrogen-bond donors (Lipinski definition) is 3. The van der Waals surface area contributed by atoms with Crippen LogP contribution in [0.1, 0.15) is 53.9 Å². The number of hydrogen-bond acceptors (Lipinski definition) is 4. The van der Waals surface area contributed by atoms with Crippen molar-refractivity contribution in [1.82, 2.24) is 20.9 Å². The largest absolute Gasteiger partial charge is 0.450 e. The first kappa shape index (κ1) is 22.5. The second-order valence-electron chi connectivity index (χ2n) is 7.69. The lowest BCUT2D eigenvalue weighted by molar-refractivity contribution is 0.146. The van der Waals surface area contributed by atoms with Crippen molar-refractivity contribution in [1.29, 1.82) is 0 Å². The summed E-state index contributed by atoms with van der Waals surface area (Å²) >= 11 is 0. The Labute approximate surface area is 159 Å². The number of ether oxygens (including phenoxy) is 1. The molecule has 152 valence electrons. The van der Waals surface area contributed by atoms with Crippen LogP contribution in [0.3, 0.4) is 0 Å². The molecule has 3 N–H and O–H groups in total. The van der Waals surface area contributed by atoms with E-state index >= 15 is 0 Å². The molecule has 0 aromatic carbocycles. The summed E-state index contributed by atoms with van der Waals surface area (Å²) in [5.74, 6) is 1.28. The highest BCUT2D eigenvalue weighted by atomic mass is 16.5. The topological polar surface area (TPSA) is 78.0 Å². The van der Waals surface area contributed by atoms with Gasteiger partial charge in [0.15, 0.2) is 5.96 Å². The number of amides is 1. The monoisotopic (exact) mass is 369 g/mol. The van der Waals surface area contributed by atoms with E-state index in [9.17, 15) is 4.79 Å². The lowest BCUT2D eigenvalue weighted by Gasteiger charge is -2.35. The van der Waals surface area contributed by atoms with Gasteiger partial charge >= 0.3 is 6.09 Å². The van der Waals surface area contributed by atoms with Gasteiger partial charge in [0.2, 0.25) is 0 Å². The fourth-order valence-electron chi connectivity index (χ4n) is 3.27. The standard InChI is InChI=1S/C19H39N5O2/c1-7-26-19(25)23-17(12-14(2)3)13-21-18(20-6)22-16-8-10-24(11-9-16)15(4)5/h14-17H,7-13H2,1-6H3,(H,23,25)(H2,20,21,22). The van der Waals surface area contributed by atoms with E-state index in [1.165, 1.54) is 0 Å². The molecule has 1 aliphatic rings. The first-order valence-corrected chi connectivity index (χ1v) is 10.00. The van der Waals surface area contributed by atoms with Crippen molar-refractivity contribution in [3.8, 4) is 0 Å². The quantitative estimate of drug-likeness (QED) is 0.451. The van der Waals surface area contributed by atoms with Gasteiger partial charge in [-0.05, 0) is 46.0 Å². The van der Waals surface area contributed by atoms with Crippen molar-refractivity contribution in [2.45, 2.75) is 72.0 Å². The molecule has 0 saturated carbocycles. The highest BCUT2D eigenvalue weighted by Crippen LogP contribution is 2.12. The molecular weight excluding hydrogens is 330 g/mol. The van der Waals surface area contributed by atoms with Crippen LogP contribution in [0.5, 0.6) is 0 Å². The maximum Gasteiger partial charge on any atom is 0.407 e. The second-order valence-corrected chi connectivity index (χ2v) is 7.69. The summed E-state index contributed by atoms with van der Waals surface area (Å²) in [7, 11) is 1.79. The van der Waals surface area contributed by atoms with E-state index in [4.69, 9.17) is 4.74 Å². The third-order valence-electron chi connectivity index (χ3n) is 4.69. The van der Waals surface area contributed by atoms with Gasteiger partial charge in [-0.25, -0.2) is 4.79 Å². The Kier molecular flexibility index (Phi) is 10.4. The molecule has 0 spiro atoms. The van der Waals surface area contributed by atoms with E-state index < -0.39 is 0 Å². The molecule has 1 rings (SSSR count). The molecule has 0 bridgehead atoms. The third kappa shape index (κ3) is 8.74. The average Bonchev–Trinajstić information content (AvgIpc) is 2.58. The zero-order valence-corrected chi connectivity index (χ0v) is 17.5. The normalized spacial score (nSPS) is 18.1. The summed E-state index contributed by atoms with van der Waals surface area (Å²) in [6, 6.07) is 1.06. The minimum atomic E-state index is -0.357. The number of aliphatic imine (C=N–C) groups is 1. The van der Waals surface area contributed by atoms with Gasteiger partial charge in [0.05, 0.1) is 6.61 Å². The molecule has 1 aliphatic heterocycles. The van der Waals surface area contributed by atoms with Gasteiger partial charge in [0.25, 0.3) is 0 Å². The first-order valence-electron chi connectivity index (χ1n) is 10.00. The number of rotatable bonds is 8. The zero-order chi connectivity index (χ0) is 19.5. The Morgan fingerprint density at radius 2 is 1.88 bits per heavy atom. The maximum atomic E-state index is 11.7. The van der Waals surface area contributed by atoms with Crippen molar-refractivity contribution in [2.75, 3.05) is 33.3 Å². The SMILES string of the molecule is CCOC(=O)NC(CNC(=NC)NC1CCN(C(C)C)CC1)CC(C)C. The van der Waals surface area contributed by atoms with Gasteiger partial charge in [0, 0.05) is 44.8 Å². The molecule has 26 heavy (non-hydrogen) atoms. The van der Waals surface area contributed by atoms with E-state index in [0.29, 0.717) is 31.2 Å². The van der Waals surface area contributed by atoms with Crippen LogP contribution < -0.4 is 16.0 Å². The second kappa shape index (κ2) is 12.0. The summed E-state index contributed by atoms with van der Waals surface area (Å²) in [6.07, 6.45) is 2.77. The van der Waals surface area contributed by atoms with Crippen LogP contribution in [-0.2, 0) is 4.74 Å². The van der Waals surface area contributed by atoms with Crippen LogP contribution in [0.15, 0.2) is 4.99 Å². The van der Waals surface area contributed by atoms with Crippen LogP contribution in [0.25, 0.3) is 0 Å². The molecule has 1 atom stereocenters. The summed E-state index contributed by atoms with van der Waals surface area (Å²) < 4.78 is 5.01. The fraction of sp³-hybridized carbons (Fsp3) is 0.895. The molecule has 1 heterocycles. The zero-order valence-electron chi connectivity index (χ0n) is 17.5. The number of guanidine groups is 1. The van der Waals surface area contributed by atoms with Gasteiger partial charge < -0.3 is 25.6 Å². The number of carbonyl (C=O) groups excluding carboxylic acids is 1. The molecule has 1 fully saturated rings. The molecule has 0 aromatic heterocycles. The highest BCUT2D eigenvalue weighted by Gasteiger charge is 2.22. The predicted molar refractivity (Wildman–Crippen MR) is 108 cm³/mol.